The van der Waals surface area contributed by atoms with Crippen molar-refractivity contribution in [1.29, 1.82) is 0 Å². The van der Waals surface area contributed by atoms with E-state index >= 15 is 0 Å². The van der Waals surface area contributed by atoms with Crippen LogP contribution in [0.25, 0.3) is 0 Å². The SMILES string of the molecule is COc1ccc(C(C)C=O)c(N)c1Cl. The Morgan fingerprint density at radius 2 is 2.21 bits per heavy atom. The first-order valence-electron chi connectivity index (χ1n) is 4.19. The predicted octanol–water partition coefficient (Wildman–Crippen LogP) is 2.23. The molecule has 0 aliphatic rings. The number of aldehydes is 1. The second kappa shape index (κ2) is 4.33. The number of hydrogen-bond donors (Lipinski definition) is 1. The van der Waals surface area contributed by atoms with Crippen LogP contribution in [-0.4, -0.2) is 13.4 Å². The van der Waals surface area contributed by atoms with Crippen molar-refractivity contribution in [2.75, 3.05) is 12.8 Å². The lowest BCUT2D eigenvalue weighted by Crippen LogP contribution is -2.02. The normalized spacial score (nSPS) is 12.2. The van der Waals surface area contributed by atoms with Crippen molar-refractivity contribution in [3.05, 3.63) is 22.7 Å². The average Bonchev–Trinajstić information content (AvgIpc) is 2.21. The number of rotatable bonds is 3. The number of nitrogens with two attached hydrogens (primary N) is 1. The third kappa shape index (κ3) is 1.82. The van der Waals surface area contributed by atoms with E-state index < -0.39 is 0 Å². The number of anilines is 1. The van der Waals surface area contributed by atoms with Crippen LogP contribution in [0.15, 0.2) is 12.1 Å². The number of nitrogen functional groups attached to an aromatic ring is 1. The highest BCUT2D eigenvalue weighted by molar-refractivity contribution is 6.34. The lowest BCUT2D eigenvalue weighted by Gasteiger charge is -2.12. The van der Waals surface area contributed by atoms with Crippen LogP contribution >= 0.6 is 11.6 Å². The smallest absolute Gasteiger partial charge is 0.139 e. The Morgan fingerprint density at radius 3 is 2.71 bits per heavy atom. The highest BCUT2D eigenvalue weighted by atomic mass is 35.5. The molecule has 14 heavy (non-hydrogen) atoms. The van der Waals surface area contributed by atoms with Gasteiger partial charge in [0.2, 0.25) is 0 Å². The second-order valence-electron chi connectivity index (χ2n) is 3.01. The van der Waals surface area contributed by atoms with Crippen LogP contribution in [0.5, 0.6) is 5.75 Å². The number of methoxy groups -OCH3 is 1. The van der Waals surface area contributed by atoms with E-state index in [9.17, 15) is 4.79 Å². The summed E-state index contributed by atoms with van der Waals surface area (Å²) in [5.74, 6) is 0.268. The highest BCUT2D eigenvalue weighted by Gasteiger charge is 2.13. The van der Waals surface area contributed by atoms with Gasteiger partial charge in [-0.3, -0.25) is 0 Å². The van der Waals surface area contributed by atoms with Gasteiger partial charge in [0, 0.05) is 5.92 Å². The summed E-state index contributed by atoms with van der Waals surface area (Å²) in [6.45, 7) is 1.77. The number of carbonyl (C=O) groups excluding carboxylic acids is 1. The highest BCUT2D eigenvalue weighted by Crippen LogP contribution is 2.35. The molecule has 0 amide bonds. The fourth-order valence-electron chi connectivity index (χ4n) is 1.22. The van der Waals surface area contributed by atoms with Crippen molar-refractivity contribution in [3.8, 4) is 5.75 Å². The number of carbonyl (C=O) groups is 1. The van der Waals surface area contributed by atoms with E-state index in [2.05, 4.69) is 0 Å². The van der Waals surface area contributed by atoms with Gasteiger partial charge in [-0.1, -0.05) is 24.6 Å². The molecule has 0 spiro atoms. The Balaban J connectivity index is 3.23. The third-order valence-electron chi connectivity index (χ3n) is 2.09. The van der Waals surface area contributed by atoms with E-state index in [-0.39, 0.29) is 5.92 Å². The van der Waals surface area contributed by atoms with Crippen LogP contribution in [0.2, 0.25) is 5.02 Å². The molecule has 1 unspecified atom stereocenters. The van der Waals surface area contributed by atoms with Gasteiger partial charge < -0.3 is 15.3 Å². The summed E-state index contributed by atoms with van der Waals surface area (Å²) < 4.78 is 4.99. The van der Waals surface area contributed by atoms with Crippen LogP contribution in [0, 0.1) is 0 Å². The van der Waals surface area contributed by atoms with Crippen LogP contribution in [0.1, 0.15) is 18.4 Å². The largest absolute Gasteiger partial charge is 0.495 e. The van der Waals surface area contributed by atoms with Gasteiger partial charge in [-0.05, 0) is 11.6 Å². The maximum Gasteiger partial charge on any atom is 0.139 e. The molecule has 1 aromatic rings. The molecule has 2 N–H and O–H groups in total. The summed E-state index contributed by atoms with van der Waals surface area (Å²) >= 11 is 5.93. The topological polar surface area (TPSA) is 52.3 Å². The van der Waals surface area contributed by atoms with Crippen molar-refractivity contribution in [1.82, 2.24) is 0 Å². The maximum atomic E-state index is 10.6. The third-order valence-corrected chi connectivity index (χ3v) is 2.48. The molecule has 0 aliphatic carbocycles. The van der Waals surface area contributed by atoms with Crippen LogP contribution < -0.4 is 10.5 Å². The standard InChI is InChI=1S/C10H12ClNO2/c1-6(5-13)7-3-4-8(14-2)9(11)10(7)12/h3-6H,12H2,1-2H3. The van der Waals surface area contributed by atoms with Gasteiger partial charge in [0.05, 0.1) is 12.8 Å². The Labute approximate surface area is 87.8 Å². The van der Waals surface area contributed by atoms with Crippen LogP contribution in [-0.2, 0) is 4.79 Å². The summed E-state index contributed by atoms with van der Waals surface area (Å²) in [6, 6.07) is 3.45. The van der Waals surface area contributed by atoms with Crippen molar-refractivity contribution in [2.45, 2.75) is 12.8 Å². The molecule has 76 valence electrons. The molecule has 0 aliphatic heterocycles. The van der Waals surface area contributed by atoms with Gasteiger partial charge in [-0.15, -0.1) is 0 Å². The lowest BCUT2D eigenvalue weighted by atomic mass is 10.0. The van der Waals surface area contributed by atoms with Gasteiger partial charge in [0.15, 0.2) is 0 Å². The van der Waals surface area contributed by atoms with Crippen LogP contribution in [0.4, 0.5) is 5.69 Å². The van der Waals surface area contributed by atoms with E-state index in [1.54, 1.807) is 19.1 Å². The first kappa shape index (κ1) is 10.9. The summed E-state index contributed by atoms with van der Waals surface area (Å²) in [6.07, 6.45) is 0.828. The summed E-state index contributed by atoms with van der Waals surface area (Å²) in [4.78, 5) is 10.6. The fourth-order valence-corrected chi connectivity index (χ4v) is 1.47. The van der Waals surface area contributed by atoms with Gasteiger partial charge in [-0.2, -0.15) is 0 Å². The van der Waals surface area contributed by atoms with Gasteiger partial charge in [-0.25, -0.2) is 0 Å². The van der Waals surface area contributed by atoms with Crippen molar-refractivity contribution >= 4 is 23.6 Å². The summed E-state index contributed by atoms with van der Waals surface area (Å²) in [5, 5.41) is 0.360. The lowest BCUT2D eigenvalue weighted by molar-refractivity contribution is -0.108. The quantitative estimate of drug-likeness (QED) is 0.619. The Kier molecular flexibility index (Phi) is 3.36. The molecular formula is C10H12ClNO2. The molecule has 0 heterocycles. The van der Waals surface area contributed by atoms with Crippen molar-refractivity contribution < 1.29 is 9.53 Å². The first-order valence-corrected chi connectivity index (χ1v) is 4.56. The van der Waals surface area contributed by atoms with E-state index in [1.807, 2.05) is 0 Å². The Hall–Kier alpha value is -1.22. The monoisotopic (exact) mass is 213 g/mol. The average molecular weight is 214 g/mol. The minimum Gasteiger partial charge on any atom is -0.495 e. The Bertz CT molecular complexity index is 352. The van der Waals surface area contributed by atoms with E-state index in [4.69, 9.17) is 22.1 Å². The van der Waals surface area contributed by atoms with Crippen LogP contribution in [0.3, 0.4) is 0 Å². The van der Waals surface area contributed by atoms with Gasteiger partial charge in [0.1, 0.15) is 17.1 Å². The molecule has 0 aromatic heterocycles. The minimum atomic E-state index is -0.251. The summed E-state index contributed by atoms with van der Waals surface area (Å²) in [7, 11) is 1.52. The molecule has 1 aromatic carbocycles. The van der Waals surface area contributed by atoms with E-state index in [1.165, 1.54) is 7.11 Å². The molecule has 1 atom stereocenters. The number of ether oxygens (including phenoxy) is 1. The maximum absolute atomic E-state index is 10.6. The zero-order valence-electron chi connectivity index (χ0n) is 8.08. The number of hydrogen-bond acceptors (Lipinski definition) is 3. The van der Waals surface area contributed by atoms with E-state index in [0.29, 0.717) is 16.5 Å². The number of benzene rings is 1. The molecule has 0 fully saturated rings. The molecule has 3 nitrogen and oxygen atoms in total. The number of halogens is 1. The van der Waals surface area contributed by atoms with Gasteiger partial charge >= 0.3 is 0 Å². The molecule has 0 bridgehead atoms. The molecular weight excluding hydrogens is 202 g/mol. The fraction of sp³-hybridized carbons (Fsp3) is 0.300. The minimum absolute atomic E-state index is 0.251. The van der Waals surface area contributed by atoms with Crippen molar-refractivity contribution in [2.24, 2.45) is 0 Å². The molecule has 0 saturated carbocycles. The zero-order valence-corrected chi connectivity index (χ0v) is 8.84. The zero-order chi connectivity index (χ0) is 10.7. The molecule has 0 radical (unpaired) electrons. The van der Waals surface area contributed by atoms with E-state index in [0.717, 1.165) is 11.8 Å². The molecule has 1 rings (SSSR count). The van der Waals surface area contributed by atoms with Crippen molar-refractivity contribution in [3.63, 3.8) is 0 Å². The molecule has 0 saturated heterocycles. The summed E-state index contributed by atoms with van der Waals surface area (Å²) in [5.41, 5.74) is 6.90. The van der Waals surface area contributed by atoms with Gasteiger partial charge in [0.25, 0.3) is 0 Å². The second-order valence-corrected chi connectivity index (χ2v) is 3.39. The first-order chi connectivity index (χ1) is 6.61. The Morgan fingerprint density at radius 1 is 1.57 bits per heavy atom. The molecule has 4 heteroatoms. The predicted molar refractivity (Wildman–Crippen MR) is 56.9 cm³/mol.